The molecule has 1 unspecified atom stereocenters. The molecule has 0 saturated heterocycles. The predicted octanol–water partition coefficient (Wildman–Crippen LogP) is 2.79. The van der Waals surface area contributed by atoms with Crippen LogP contribution in [0.2, 0.25) is 0 Å². The number of benzene rings is 1. The second kappa shape index (κ2) is 5.31. The lowest BCUT2D eigenvalue weighted by atomic mass is 10.0. The van der Waals surface area contributed by atoms with E-state index in [0.29, 0.717) is 11.4 Å². The second-order valence-corrected chi connectivity index (χ2v) is 4.48. The van der Waals surface area contributed by atoms with Crippen molar-refractivity contribution in [2.75, 3.05) is 0 Å². The standard InChI is InChI=1S/C14H18FN3/c1-3-7-18-8-6-17-14(18)13(16)11-9-10(2)4-5-12(11)15/h4-6,8-9,13H,3,7,16H2,1-2H3. The highest BCUT2D eigenvalue weighted by Gasteiger charge is 2.18. The number of hydrogen-bond acceptors (Lipinski definition) is 2. The zero-order valence-electron chi connectivity index (χ0n) is 10.7. The van der Waals surface area contributed by atoms with Gasteiger partial charge in [-0.25, -0.2) is 9.37 Å². The van der Waals surface area contributed by atoms with Crippen molar-refractivity contribution in [1.29, 1.82) is 0 Å². The Kier molecular flexibility index (Phi) is 3.77. The van der Waals surface area contributed by atoms with E-state index in [1.165, 1.54) is 6.07 Å². The van der Waals surface area contributed by atoms with E-state index in [1.54, 1.807) is 18.3 Å². The maximum atomic E-state index is 13.8. The van der Waals surface area contributed by atoms with E-state index in [-0.39, 0.29) is 5.82 Å². The van der Waals surface area contributed by atoms with Gasteiger partial charge in [0.2, 0.25) is 0 Å². The average molecular weight is 247 g/mol. The minimum atomic E-state index is -0.522. The van der Waals surface area contributed by atoms with Crippen LogP contribution in [-0.4, -0.2) is 9.55 Å². The first-order valence-corrected chi connectivity index (χ1v) is 6.16. The molecule has 3 nitrogen and oxygen atoms in total. The van der Waals surface area contributed by atoms with Gasteiger partial charge in [-0.2, -0.15) is 0 Å². The van der Waals surface area contributed by atoms with Crippen LogP contribution in [0.15, 0.2) is 30.6 Å². The SMILES string of the molecule is CCCn1ccnc1C(N)c1cc(C)ccc1F. The van der Waals surface area contributed by atoms with Gasteiger partial charge in [0, 0.05) is 24.5 Å². The molecule has 0 amide bonds. The van der Waals surface area contributed by atoms with Crippen LogP contribution in [0.4, 0.5) is 4.39 Å². The van der Waals surface area contributed by atoms with Crippen LogP contribution in [0.5, 0.6) is 0 Å². The van der Waals surface area contributed by atoms with Crippen LogP contribution in [0, 0.1) is 12.7 Å². The summed E-state index contributed by atoms with van der Waals surface area (Å²) in [5.74, 6) is 0.431. The number of halogens is 1. The molecule has 2 rings (SSSR count). The van der Waals surface area contributed by atoms with E-state index in [0.717, 1.165) is 18.5 Å². The summed E-state index contributed by atoms with van der Waals surface area (Å²) in [5.41, 5.74) is 7.63. The van der Waals surface area contributed by atoms with E-state index in [4.69, 9.17) is 5.73 Å². The molecule has 1 heterocycles. The van der Waals surface area contributed by atoms with Gasteiger partial charge in [-0.15, -0.1) is 0 Å². The topological polar surface area (TPSA) is 43.8 Å². The third-order valence-corrected chi connectivity index (χ3v) is 2.98. The number of aryl methyl sites for hydroxylation is 2. The maximum Gasteiger partial charge on any atom is 0.130 e. The first-order valence-electron chi connectivity index (χ1n) is 6.16. The maximum absolute atomic E-state index is 13.8. The molecule has 18 heavy (non-hydrogen) atoms. The summed E-state index contributed by atoms with van der Waals surface area (Å²) in [5, 5.41) is 0. The first kappa shape index (κ1) is 12.8. The van der Waals surface area contributed by atoms with Crippen LogP contribution in [0.3, 0.4) is 0 Å². The van der Waals surface area contributed by atoms with E-state index in [9.17, 15) is 4.39 Å². The van der Waals surface area contributed by atoms with Crippen LogP contribution in [0.25, 0.3) is 0 Å². The van der Waals surface area contributed by atoms with Crippen molar-refractivity contribution in [1.82, 2.24) is 9.55 Å². The van der Waals surface area contributed by atoms with Crippen molar-refractivity contribution in [2.24, 2.45) is 5.73 Å². The number of aromatic nitrogens is 2. The van der Waals surface area contributed by atoms with E-state index >= 15 is 0 Å². The van der Waals surface area contributed by atoms with E-state index in [1.807, 2.05) is 17.7 Å². The molecule has 1 aromatic carbocycles. The van der Waals surface area contributed by atoms with Crippen LogP contribution < -0.4 is 5.73 Å². The number of rotatable bonds is 4. The van der Waals surface area contributed by atoms with E-state index in [2.05, 4.69) is 11.9 Å². The summed E-state index contributed by atoms with van der Waals surface area (Å²) in [6.07, 6.45) is 4.58. The number of nitrogens with zero attached hydrogens (tertiary/aromatic N) is 2. The highest BCUT2D eigenvalue weighted by Crippen LogP contribution is 2.22. The van der Waals surface area contributed by atoms with Crippen molar-refractivity contribution < 1.29 is 4.39 Å². The minimum absolute atomic E-state index is 0.279. The zero-order valence-corrected chi connectivity index (χ0v) is 10.7. The molecular weight excluding hydrogens is 229 g/mol. The van der Waals surface area contributed by atoms with Crippen LogP contribution in [0.1, 0.15) is 36.3 Å². The molecule has 0 saturated carbocycles. The van der Waals surface area contributed by atoms with Gasteiger partial charge in [0.15, 0.2) is 0 Å². The lowest BCUT2D eigenvalue weighted by molar-refractivity contribution is 0.570. The number of imidazole rings is 1. The van der Waals surface area contributed by atoms with Crippen molar-refractivity contribution in [3.63, 3.8) is 0 Å². The Hall–Kier alpha value is -1.68. The van der Waals surface area contributed by atoms with Gasteiger partial charge in [-0.1, -0.05) is 24.6 Å². The molecule has 0 bridgehead atoms. The minimum Gasteiger partial charge on any atom is -0.333 e. The molecule has 1 atom stereocenters. The Morgan fingerprint density at radius 1 is 1.44 bits per heavy atom. The quantitative estimate of drug-likeness (QED) is 0.902. The second-order valence-electron chi connectivity index (χ2n) is 4.48. The highest BCUT2D eigenvalue weighted by atomic mass is 19.1. The molecule has 0 radical (unpaired) electrons. The average Bonchev–Trinajstić information content (AvgIpc) is 2.80. The number of nitrogens with two attached hydrogens (primary N) is 1. The fourth-order valence-corrected chi connectivity index (χ4v) is 2.07. The summed E-state index contributed by atoms with van der Waals surface area (Å²) in [7, 11) is 0. The Bertz CT molecular complexity index is 534. The van der Waals surface area contributed by atoms with Gasteiger partial charge in [-0.3, -0.25) is 0 Å². The summed E-state index contributed by atoms with van der Waals surface area (Å²) < 4.78 is 15.8. The van der Waals surface area contributed by atoms with Gasteiger partial charge in [-0.05, 0) is 19.4 Å². The Morgan fingerprint density at radius 2 is 2.22 bits per heavy atom. The molecule has 0 spiro atoms. The van der Waals surface area contributed by atoms with Crippen LogP contribution in [-0.2, 0) is 6.54 Å². The van der Waals surface area contributed by atoms with Crippen molar-refractivity contribution in [2.45, 2.75) is 32.9 Å². The zero-order chi connectivity index (χ0) is 13.1. The van der Waals surface area contributed by atoms with Gasteiger partial charge in [0.05, 0.1) is 6.04 Å². The summed E-state index contributed by atoms with van der Waals surface area (Å²) in [4.78, 5) is 4.25. The summed E-state index contributed by atoms with van der Waals surface area (Å²) >= 11 is 0. The molecule has 2 N–H and O–H groups in total. The first-order chi connectivity index (χ1) is 8.63. The largest absolute Gasteiger partial charge is 0.333 e. The molecule has 0 aliphatic heterocycles. The monoisotopic (exact) mass is 247 g/mol. The molecule has 0 aliphatic rings. The third kappa shape index (κ3) is 2.43. The molecule has 0 aliphatic carbocycles. The Morgan fingerprint density at radius 3 is 2.94 bits per heavy atom. The predicted molar refractivity (Wildman–Crippen MR) is 69.7 cm³/mol. The normalized spacial score (nSPS) is 12.7. The van der Waals surface area contributed by atoms with Gasteiger partial charge < -0.3 is 10.3 Å². The fraction of sp³-hybridized carbons (Fsp3) is 0.357. The molecule has 2 aromatic rings. The molecule has 0 fully saturated rings. The summed E-state index contributed by atoms with van der Waals surface area (Å²) in [6.45, 7) is 4.85. The smallest absolute Gasteiger partial charge is 0.130 e. The van der Waals surface area contributed by atoms with Gasteiger partial charge in [0.1, 0.15) is 11.6 Å². The van der Waals surface area contributed by atoms with Gasteiger partial charge >= 0.3 is 0 Å². The van der Waals surface area contributed by atoms with Crippen molar-refractivity contribution in [3.8, 4) is 0 Å². The molecular formula is C14H18FN3. The lowest BCUT2D eigenvalue weighted by Crippen LogP contribution is -2.19. The van der Waals surface area contributed by atoms with Gasteiger partial charge in [0.25, 0.3) is 0 Å². The van der Waals surface area contributed by atoms with Crippen LogP contribution >= 0.6 is 0 Å². The lowest BCUT2D eigenvalue weighted by Gasteiger charge is -2.15. The Balaban J connectivity index is 2.38. The third-order valence-electron chi connectivity index (χ3n) is 2.98. The Labute approximate surface area is 106 Å². The van der Waals surface area contributed by atoms with Crippen molar-refractivity contribution in [3.05, 3.63) is 53.4 Å². The molecule has 1 aromatic heterocycles. The van der Waals surface area contributed by atoms with Crippen molar-refractivity contribution >= 4 is 0 Å². The number of hydrogen-bond donors (Lipinski definition) is 1. The highest BCUT2D eigenvalue weighted by molar-refractivity contribution is 5.30. The fourth-order valence-electron chi connectivity index (χ4n) is 2.07. The summed E-state index contributed by atoms with van der Waals surface area (Å²) in [6, 6.07) is 4.46. The molecule has 96 valence electrons. The van der Waals surface area contributed by atoms with E-state index < -0.39 is 6.04 Å². The molecule has 4 heteroatoms.